The maximum absolute atomic E-state index is 12.6. The van der Waals surface area contributed by atoms with Crippen molar-refractivity contribution in [3.63, 3.8) is 0 Å². The number of carbonyl (C=O) groups excluding carboxylic acids is 1. The van der Waals surface area contributed by atoms with Crippen LogP contribution in [0.5, 0.6) is 0 Å². The van der Waals surface area contributed by atoms with E-state index in [0.29, 0.717) is 24.8 Å². The van der Waals surface area contributed by atoms with Crippen LogP contribution in [0.15, 0.2) is 12.3 Å². The fraction of sp³-hybridized carbons (Fsp3) is 0.429. The minimum absolute atomic E-state index is 0.0560. The number of thiazole rings is 1. The molecule has 1 fully saturated rings. The molecule has 0 radical (unpaired) electrons. The summed E-state index contributed by atoms with van der Waals surface area (Å²) in [5.74, 6) is 1.05. The van der Waals surface area contributed by atoms with E-state index >= 15 is 0 Å². The highest BCUT2D eigenvalue weighted by atomic mass is 32.1. The van der Waals surface area contributed by atoms with Gasteiger partial charge < -0.3 is 10.6 Å². The zero-order chi connectivity index (χ0) is 14.4. The molecule has 0 unspecified atom stereocenters. The molecule has 2 aromatic rings. The van der Waals surface area contributed by atoms with Crippen molar-refractivity contribution >= 4 is 23.1 Å². The van der Waals surface area contributed by atoms with Gasteiger partial charge in [0.05, 0.1) is 16.9 Å². The molecule has 4 rings (SSSR count). The number of nitrogens with zero attached hydrogens (tertiary/aromatic N) is 4. The lowest BCUT2D eigenvalue weighted by molar-refractivity contribution is 0.0738. The minimum Gasteiger partial charge on any atom is -0.382 e. The highest BCUT2D eigenvalue weighted by Gasteiger charge is 2.29. The number of amides is 1. The third-order valence-corrected chi connectivity index (χ3v) is 5.05. The molecule has 1 amide bonds. The molecular formula is C14H15N5OS. The van der Waals surface area contributed by atoms with Gasteiger partial charge in [-0.3, -0.25) is 4.79 Å². The fourth-order valence-corrected chi connectivity index (χ4v) is 3.64. The molecule has 1 aliphatic carbocycles. The monoisotopic (exact) mass is 301 g/mol. The van der Waals surface area contributed by atoms with Crippen molar-refractivity contribution in [2.75, 3.05) is 12.3 Å². The van der Waals surface area contributed by atoms with Gasteiger partial charge in [-0.05, 0) is 24.5 Å². The smallest absolute Gasteiger partial charge is 0.265 e. The van der Waals surface area contributed by atoms with Crippen molar-refractivity contribution in [1.29, 1.82) is 0 Å². The summed E-state index contributed by atoms with van der Waals surface area (Å²) < 4.78 is 0. The van der Waals surface area contributed by atoms with Crippen LogP contribution in [0.25, 0.3) is 0 Å². The van der Waals surface area contributed by atoms with E-state index in [2.05, 4.69) is 15.2 Å². The predicted molar refractivity (Wildman–Crippen MR) is 79.0 cm³/mol. The van der Waals surface area contributed by atoms with Gasteiger partial charge in [-0.25, -0.2) is 4.98 Å². The highest BCUT2D eigenvalue weighted by Crippen LogP contribution is 2.42. The van der Waals surface area contributed by atoms with Crippen LogP contribution in [0.3, 0.4) is 0 Å². The molecule has 1 aliphatic heterocycles. The lowest BCUT2D eigenvalue weighted by Gasteiger charge is -2.27. The van der Waals surface area contributed by atoms with E-state index < -0.39 is 0 Å². The number of fused-ring (bicyclic) bond motifs is 1. The van der Waals surface area contributed by atoms with Crippen LogP contribution in [-0.4, -0.2) is 32.5 Å². The molecule has 1 saturated carbocycles. The first-order valence-electron chi connectivity index (χ1n) is 7.06. The van der Waals surface area contributed by atoms with Crippen LogP contribution in [0, 0.1) is 0 Å². The van der Waals surface area contributed by atoms with Gasteiger partial charge in [-0.2, -0.15) is 5.10 Å². The number of anilines is 1. The van der Waals surface area contributed by atoms with E-state index in [1.807, 2.05) is 11.0 Å². The van der Waals surface area contributed by atoms with Crippen LogP contribution < -0.4 is 5.73 Å². The molecule has 0 spiro atoms. The Morgan fingerprint density at radius 2 is 2.24 bits per heavy atom. The van der Waals surface area contributed by atoms with Gasteiger partial charge in [-0.15, -0.1) is 16.4 Å². The summed E-state index contributed by atoms with van der Waals surface area (Å²) in [4.78, 5) is 19.5. The number of nitrogens with two attached hydrogens (primary N) is 1. The van der Waals surface area contributed by atoms with E-state index in [0.717, 1.165) is 27.6 Å². The third-order valence-electron chi connectivity index (χ3n) is 3.91. The molecule has 2 aliphatic rings. The Labute approximate surface area is 126 Å². The molecule has 0 bridgehead atoms. The normalized spacial score (nSPS) is 17.6. The van der Waals surface area contributed by atoms with Crippen molar-refractivity contribution in [3.8, 4) is 0 Å². The molecule has 2 aromatic heterocycles. The maximum atomic E-state index is 12.6. The lowest BCUT2D eigenvalue weighted by atomic mass is 10.1. The van der Waals surface area contributed by atoms with Crippen molar-refractivity contribution in [1.82, 2.24) is 20.1 Å². The van der Waals surface area contributed by atoms with Crippen LogP contribution in [0.1, 0.15) is 44.7 Å². The van der Waals surface area contributed by atoms with E-state index in [1.54, 1.807) is 6.20 Å². The predicted octanol–water partition coefficient (Wildman–Crippen LogP) is 1.59. The summed E-state index contributed by atoms with van der Waals surface area (Å²) in [6, 6.07) is 1.81. The average Bonchev–Trinajstić information content (AvgIpc) is 3.23. The molecule has 0 atom stereocenters. The molecule has 0 saturated heterocycles. The number of rotatable bonds is 2. The van der Waals surface area contributed by atoms with E-state index in [-0.39, 0.29) is 5.91 Å². The molecular weight excluding hydrogens is 286 g/mol. The van der Waals surface area contributed by atoms with Gasteiger partial charge in [0.1, 0.15) is 10.7 Å². The quantitative estimate of drug-likeness (QED) is 0.910. The Balaban J connectivity index is 1.54. The largest absolute Gasteiger partial charge is 0.382 e. The Kier molecular flexibility index (Phi) is 2.88. The standard InChI is InChI=1S/C14H15N5OS/c15-12-5-9-7-19(4-3-10(9)17-18-12)14(20)11-6-16-13(21-11)8-1-2-8/h5-6,8H,1-4,7H2,(H2,15,18). The van der Waals surface area contributed by atoms with Crippen molar-refractivity contribution in [3.05, 3.63) is 33.4 Å². The van der Waals surface area contributed by atoms with Gasteiger partial charge in [0, 0.05) is 25.4 Å². The molecule has 7 heteroatoms. The molecule has 6 nitrogen and oxygen atoms in total. The minimum atomic E-state index is 0.0560. The molecule has 0 aromatic carbocycles. The van der Waals surface area contributed by atoms with E-state index in [1.165, 1.54) is 24.2 Å². The zero-order valence-electron chi connectivity index (χ0n) is 11.5. The van der Waals surface area contributed by atoms with E-state index in [4.69, 9.17) is 5.73 Å². The van der Waals surface area contributed by atoms with Gasteiger partial charge in [0.25, 0.3) is 5.91 Å². The number of aromatic nitrogens is 3. The van der Waals surface area contributed by atoms with E-state index in [9.17, 15) is 4.79 Å². The Morgan fingerprint density at radius 3 is 3.05 bits per heavy atom. The summed E-state index contributed by atoms with van der Waals surface area (Å²) in [7, 11) is 0. The first-order chi connectivity index (χ1) is 10.2. The second kappa shape index (κ2) is 4.77. The number of hydrogen-bond acceptors (Lipinski definition) is 6. The fourth-order valence-electron chi connectivity index (χ4n) is 2.58. The number of hydrogen-bond donors (Lipinski definition) is 1. The third kappa shape index (κ3) is 2.37. The Bertz CT molecular complexity index is 709. The first-order valence-corrected chi connectivity index (χ1v) is 7.88. The van der Waals surface area contributed by atoms with Gasteiger partial charge in [0.2, 0.25) is 0 Å². The van der Waals surface area contributed by atoms with Crippen molar-refractivity contribution in [2.45, 2.75) is 31.7 Å². The molecule has 108 valence electrons. The summed E-state index contributed by atoms with van der Waals surface area (Å²) in [5.41, 5.74) is 7.61. The molecule has 21 heavy (non-hydrogen) atoms. The van der Waals surface area contributed by atoms with Crippen LogP contribution in [0.2, 0.25) is 0 Å². The zero-order valence-corrected chi connectivity index (χ0v) is 12.3. The topological polar surface area (TPSA) is 85.0 Å². The van der Waals surface area contributed by atoms with Gasteiger partial charge >= 0.3 is 0 Å². The Morgan fingerprint density at radius 1 is 1.38 bits per heavy atom. The lowest BCUT2D eigenvalue weighted by Crippen LogP contribution is -2.36. The van der Waals surface area contributed by atoms with Crippen LogP contribution >= 0.6 is 11.3 Å². The van der Waals surface area contributed by atoms with Gasteiger partial charge in [0.15, 0.2) is 0 Å². The SMILES string of the molecule is Nc1cc2c(nn1)CCN(C(=O)c1cnc(C3CC3)s1)C2. The molecule has 2 N–H and O–H groups in total. The second-order valence-corrected chi connectivity index (χ2v) is 6.62. The molecule has 3 heterocycles. The Hall–Kier alpha value is -2.02. The summed E-state index contributed by atoms with van der Waals surface area (Å²) in [6.07, 6.45) is 4.85. The van der Waals surface area contributed by atoms with Crippen LogP contribution in [-0.2, 0) is 13.0 Å². The summed E-state index contributed by atoms with van der Waals surface area (Å²) in [6.45, 7) is 1.21. The van der Waals surface area contributed by atoms with Crippen molar-refractivity contribution in [2.24, 2.45) is 0 Å². The number of carbonyl (C=O) groups is 1. The summed E-state index contributed by atoms with van der Waals surface area (Å²) in [5, 5.41) is 9.07. The van der Waals surface area contributed by atoms with Crippen molar-refractivity contribution < 1.29 is 4.79 Å². The van der Waals surface area contributed by atoms with Gasteiger partial charge in [-0.1, -0.05) is 0 Å². The van der Waals surface area contributed by atoms with Crippen LogP contribution in [0.4, 0.5) is 5.82 Å². The maximum Gasteiger partial charge on any atom is 0.265 e. The second-order valence-electron chi connectivity index (χ2n) is 5.55. The number of nitrogen functional groups attached to an aromatic ring is 1. The highest BCUT2D eigenvalue weighted by molar-refractivity contribution is 7.13. The average molecular weight is 301 g/mol. The first kappa shape index (κ1) is 12.7. The summed E-state index contributed by atoms with van der Waals surface area (Å²) >= 11 is 1.53.